The highest BCUT2D eigenvalue weighted by Gasteiger charge is 2.25. The van der Waals surface area contributed by atoms with Gasteiger partial charge in [0, 0.05) is 18.7 Å². The summed E-state index contributed by atoms with van der Waals surface area (Å²) >= 11 is 0. The molecule has 0 bridgehead atoms. The number of unbranched alkanes of at least 4 members (excludes halogenated alkanes) is 1. The van der Waals surface area contributed by atoms with Crippen molar-refractivity contribution >= 4 is 29.7 Å². The molecule has 0 heterocycles. The third-order valence-electron chi connectivity index (χ3n) is 5.92. The number of nitrogens with zero attached hydrogens (tertiary/aromatic N) is 1. The van der Waals surface area contributed by atoms with Crippen LogP contribution in [-0.4, -0.2) is 41.6 Å². The van der Waals surface area contributed by atoms with E-state index >= 15 is 0 Å². The molecular formula is C30H41N3O3. The smallest absolute Gasteiger partial charge is 0.287 e. The second-order valence-corrected chi connectivity index (χ2v) is 9.69. The van der Waals surface area contributed by atoms with E-state index in [2.05, 4.69) is 55.3 Å². The zero-order valence-electron chi connectivity index (χ0n) is 22.1. The molecule has 0 fully saturated rings. The van der Waals surface area contributed by atoms with Crippen LogP contribution >= 0.6 is 0 Å². The third kappa shape index (κ3) is 9.42. The number of rotatable bonds is 15. The van der Waals surface area contributed by atoms with Gasteiger partial charge in [0.2, 0.25) is 5.78 Å². The quantitative estimate of drug-likeness (QED) is 0.269. The maximum atomic E-state index is 13.0. The van der Waals surface area contributed by atoms with Gasteiger partial charge >= 0.3 is 0 Å². The lowest BCUT2D eigenvalue weighted by Crippen LogP contribution is -2.46. The fraction of sp³-hybridized carbons (Fsp3) is 0.433. The molecule has 1 atom stereocenters. The first-order chi connectivity index (χ1) is 17.2. The van der Waals surface area contributed by atoms with E-state index in [1.807, 2.05) is 31.2 Å². The highest BCUT2D eigenvalue weighted by atomic mass is 16.2. The summed E-state index contributed by atoms with van der Waals surface area (Å²) < 4.78 is 0. The van der Waals surface area contributed by atoms with E-state index in [4.69, 9.17) is 5.73 Å². The number of primary amides is 1. The van der Waals surface area contributed by atoms with Gasteiger partial charge in [-0.05, 0) is 48.1 Å². The van der Waals surface area contributed by atoms with E-state index in [-0.39, 0.29) is 0 Å². The fourth-order valence-corrected chi connectivity index (χ4v) is 4.18. The maximum Gasteiger partial charge on any atom is 0.287 e. The molecule has 0 radical (unpaired) electrons. The minimum atomic E-state index is -1.03. The van der Waals surface area contributed by atoms with Gasteiger partial charge in [-0.15, -0.1) is 0 Å². The summed E-state index contributed by atoms with van der Waals surface area (Å²) in [7, 11) is 0. The number of carbonyl (C=O) groups excluding carboxylic acids is 3. The van der Waals surface area contributed by atoms with Crippen LogP contribution in [0.2, 0.25) is 0 Å². The number of ketones is 1. The molecule has 2 aromatic rings. The average Bonchev–Trinajstić information content (AvgIpc) is 2.85. The molecule has 6 nitrogen and oxygen atoms in total. The van der Waals surface area contributed by atoms with Crippen molar-refractivity contribution in [3.8, 4) is 0 Å². The molecule has 0 spiro atoms. The van der Waals surface area contributed by atoms with E-state index in [0.29, 0.717) is 24.3 Å². The van der Waals surface area contributed by atoms with Gasteiger partial charge in [0.1, 0.15) is 0 Å². The van der Waals surface area contributed by atoms with Crippen molar-refractivity contribution in [1.29, 1.82) is 0 Å². The zero-order valence-corrected chi connectivity index (χ0v) is 22.1. The van der Waals surface area contributed by atoms with Crippen LogP contribution in [0.15, 0.2) is 48.5 Å². The summed E-state index contributed by atoms with van der Waals surface area (Å²) in [6.45, 7) is 11.8. The highest BCUT2D eigenvalue weighted by molar-refractivity contribution is 6.38. The molecule has 36 heavy (non-hydrogen) atoms. The Balaban J connectivity index is 2.13. The predicted octanol–water partition coefficient (Wildman–Crippen LogP) is 5.07. The van der Waals surface area contributed by atoms with Gasteiger partial charge in [-0.1, -0.05) is 95.2 Å². The molecule has 2 rings (SSSR count). The van der Waals surface area contributed by atoms with E-state index in [1.54, 1.807) is 12.1 Å². The molecule has 0 aliphatic rings. The standard InChI is InChI=1S/C30H41N3O3/c1-5-7-12-27(28(34)29(31)35)32-30(36)26-11-9-8-10-25(26)18-17-23-13-15-24(16-14-23)21-33(19-6-2)20-22(3)4/h8-11,13-18,22,27H,5-7,12,19-21H2,1-4H3,(H2,31,35)(H,32,36). The number of nitrogens with one attached hydrogen (secondary N) is 1. The van der Waals surface area contributed by atoms with Crippen LogP contribution < -0.4 is 11.1 Å². The van der Waals surface area contributed by atoms with Crippen LogP contribution in [0.25, 0.3) is 12.2 Å². The van der Waals surface area contributed by atoms with Crippen LogP contribution in [0.1, 0.15) is 80.4 Å². The Hall–Kier alpha value is -3.25. The molecule has 0 saturated carbocycles. The summed E-state index contributed by atoms with van der Waals surface area (Å²) in [6, 6.07) is 14.7. The van der Waals surface area contributed by atoms with Crippen LogP contribution in [0.5, 0.6) is 0 Å². The second kappa shape index (κ2) is 15.0. The van der Waals surface area contributed by atoms with E-state index in [0.717, 1.165) is 43.6 Å². The number of hydrogen-bond donors (Lipinski definition) is 2. The highest BCUT2D eigenvalue weighted by Crippen LogP contribution is 2.16. The second-order valence-electron chi connectivity index (χ2n) is 9.69. The molecule has 2 amide bonds. The van der Waals surface area contributed by atoms with E-state index < -0.39 is 23.6 Å². The van der Waals surface area contributed by atoms with Crippen molar-refractivity contribution in [2.24, 2.45) is 11.7 Å². The Kier molecular flexibility index (Phi) is 12.1. The molecular weight excluding hydrogens is 450 g/mol. The normalized spacial score (nSPS) is 12.3. The average molecular weight is 492 g/mol. The molecule has 194 valence electrons. The zero-order chi connectivity index (χ0) is 26.5. The van der Waals surface area contributed by atoms with Crippen LogP contribution in [-0.2, 0) is 16.1 Å². The number of nitrogens with two attached hydrogens (primary N) is 1. The summed E-state index contributed by atoms with van der Waals surface area (Å²) in [5.41, 5.74) is 8.66. The molecule has 0 aliphatic heterocycles. The fourth-order valence-electron chi connectivity index (χ4n) is 4.18. The minimum absolute atomic E-state index is 0.376. The number of Topliss-reactive ketones (excluding diaryl/α,β-unsaturated/α-hetero) is 1. The summed E-state index contributed by atoms with van der Waals surface area (Å²) in [5.74, 6) is -1.57. The Labute approximate surface area is 216 Å². The first kappa shape index (κ1) is 29.0. The number of carbonyl (C=O) groups is 3. The number of hydrogen-bond acceptors (Lipinski definition) is 4. The lowest BCUT2D eigenvalue weighted by Gasteiger charge is -2.23. The van der Waals surface area contributed by atoms with Crippen LogP contribution in [0, 0.1) is 5.92 Å². The number of amides is 2. The van der Waals surface area contributed by atoms with Crippen molar-refractivity contribution < 1.29 is 14.4 Å². The Morgan fingerprint density at radius 2 is 1.67 bits per heavy atom. The van der Waals surface area contributed by atoms with Crippen LogP contribution in [0.3, 0.4) is 0 Å². The summed E-state index contributed by atoms with van der Waals surface area (Å²) in [6.07, 6.45) is 6.91. The first-order valence-electron chi connectivity index (χ1n) is 13.0. The predicted molar refractivity (Wildman–Crippen MR) is 147 cm³/mol. The van der Waals surface area contributed by atoms with E-state index in [9.17, 15) is 14.4 Å². The van der Waals surface area contributed by atoms with Crippen molar-refractivity contribution in [2.75, 3.05) is 13.1 Å². The van der Waals surface area contributed by atoms with Gasteiger partial charge in [0.05, 0.1) is 6.04 Å². The molecule has 0 aliphatic carbocycles. The van der Waals surface area contributed by atoms with Crippen LogP contribution in [0.4, 0.5) is 0 Å². The van der Waals surface area contributed by atoms with Crippen molar-refractivity contribution in [2.45, 2.75) is 66.0 Å². The van der Waals surface area contributed by atoms with Gasteiger partial charge in [-0.3, -0.25) is 19.3 Å². The van der Waals surface area contributed by atoms with Gasteiger partial charge in [0.25, 0.3) is 11.8 Å². The molecule has 2 aromatic carbocycles. The molecule has 0 aromatic heterocycles. The molecule has 3 N–H and O–H groups in total. The monoisotopic (exact) mass is 491 g/mol. The molecule has 6 heteroatoms. The Morgan fingerprint density at radius 1 is 0.972 bits per heavy atom. The largest absolute Gasteiger partial charge is 0.363 e. The van der Waals surface area contributed by atoms with Gasteiger partial charge in [0.15, 0.2) is 0 Å². The Bertz CT molecular complexity index is 1030. The van der Waals surface area contributed by atoms with Crippen molar-refractivity contribution in [1.82, 2.24) is 10.2 Å². The summed E-state index contributed by atoms with van der Waals surface area (Å²) in [4.78, 5) is 39.1. The lowest BCUT2D eigenvalue weighted by atomic mass is 10.0. The third-order valence-corrected chi connectivity index (χ3v) is 5.92. The lowest BCUT2D eigenvalue weighted by molar-refractivity contribution is -0.137. The van der Waals surface area contributed by atoms with Crippen molar-refractivity contribution in [3.05, 3.63) is 70.8 Å². The topological polar surface area (TPSA) is 92.5 Å². The van der Waals surface area contributed by atoms with Gasteiger partial charge in [-0.2, -0.15) is 0 Å². The first-order valence-corrected chi connectivity index (χ1v) is 13.0. The molecule has 0 saturated heterocycles. The summed E-state index contributed by atoms with van der Waals surface area (Å²) in [5, 5.41) is 2.71. The Morgan fingerprint density at radius 3 is 2.28 bits per heavy atom. The maximum absolute atomic E-state index is 13.0. The van der Waals surface area contributed by atoms with Crippen molar-refractivity contribution in [3.63, 3.8) is 0 Å². The number of benzene rings is 2. The van der Waals surface area contributed by atoms with E-state index in [1.165, 1.54) is 5.56 Å². The SMILES string of the molecule is CCCCC(NC(=O)c1ccccc1C=Cc1ccc(CN(CCC)CC(C)C)cc1)C(=O)C(N)=O. The molecule has 1 unspecified atom stereocenters. The minimum Gasteiger partial charge on any atom is -0.363 e. The van der Waals surface area contributed by atoms with Gasteiger partial charge in [-0.25, -0.2) is 0 Å². The van der Waals surface area contributed by atoms with Gasteiger partial charge < -0.3 is 11.1 Å².